The van der Waals surface area contributed by atoms with Gasteiger partial charge in [0.1, 0.15) is 17.3 Å². The minimum absolute atomic E-state index is 0.298. The predicted octanol–water partition coefficient (Wildman–Crippen LogP) is 6.98. The highest BCUT2D eigenvalue weighted by Gasteiger charge is 2.53. The van der Waals surface area contributed by atoms with Crippen LogP contribution < -0.4 is 15.0 Å². The third kappa shape index (κ3) is 3.33. The summed E-state index contributed by atoms with van der Waals surface area (Å²) in [6, 6.07) is 25.5. The van der Waals surface area contributed by atoms with Crippen LogP contribution in [0.25, 0.3) is 0 Å². The first kappa shape index (κ1) is 22.2. The molecule has 180 valence electrons. The number of ether oxygens (including phenoxy) is 2. The van der Waals surface area contributed by atoms with Crippen molar-refractivity contribution < 1.29 is 18.7 Å². The van der Waals surface area contributed by atoms with Crippen LogP contribution in [0, 0.1) is 5.82 Å². The van der Waals surface area contributed by atoms with E-state index in [2.05, 4.69) is 30.1 Å². The van der Waals surface area contributed by atoms with Crippen LogP contribution in [-0.2, 0) is 10.3 Å². The lowest BCUT2D eigenvalue weighted by Crippen LogP contribution is -2.33. The Morgan fingerprint density at radius 2 is 1.47 bits per heavy atom. The number of carbonyl (C=O) groups is 1. The van der Waals surface area contributed by atoms with Gasteiger partial charge in [-0.25, -0.2) is 9.18 Å². The first-order valence-corrected chi connectivity index (χ1v) is 12.1. The maximum atomic E-state index is 13.4. The lowest BCUT2D eigenvalue weighted by atomic mass is 9.77. The lowest BCUT2D eigenvalue weighted by molar-refractivity contribution is 0.0224. The number of benzene rings is 4. The summed E-state index contributed by atoms with van der Waals surface area (Å²) in [5.41, 5.74) is 4.25. The van der Waals surface area contributed by atoms with Crippen LogP contribution >= 0.6 is 0 Å². The smallest absolute Gasteiger partial charge is 0.340 e. The molecule has 5 nitrogen and oxygen atoms in total. The fourth-order valence-corrected chi connectivity index (χ4v) is 5.22. The van der Waals surface area contributed by atoms with Crippen molar-refractivity contribution in [2.24, 2.45) is 0 Å². The van der Waals surface area contributed by atoms with E-state index in [1.54, 1.807) is 18.2 Å². The number of fused-ring (bicyclic) bond motifs is 6. The third-order valence-electron chi connectivity index (χ3n) is 6.95. The Morgan fingerprint density at radius 3 is 2.22 bits per heavy atom. The van der Waals surface area contributed by atoms with Crippen molar-refractivity contribution >= 4 is 23.0 Å². The number of esters is 1. The molecule has 1 unspecified atom stereocenters. The Kier molecular flexibility index (Phi) is 5.18. The zero-order chi connectivity index (χ0) is 24.9. The molecule has 4 aromatic carbocycles. The van der Waals surface area contributed by atoms with Crippen molar-refractivity contribution in [1.82, 2.24) is 0 Å². The quantitative estimate of drug-likeness (QED) is 0.312. The normalized spacial score (nSPS) is 17.0. The Hall–Kier alpha value is -4.32. The van der Waals surface area contributed by atoms with E-state index in [1.807, 2.05) is 48.5 Å². The molecule has 0 aromatic heterocycles. The van der Waals surface area contributed by atoms with Crippen molar-refractivity contribution in [2.45, 2.75) is 19.4 Å². The Morgan fingerprint density at radius 1 is 0.806 bits per heavy atom. The first-order valence-electron chi connectivity index (χ1n) is 12.1. The number of carbonyl (C=O) groups excluding carboxylic acids is 1. The second-order valence-corrected chi connectivity index (χ2v) is 8.91. The molecular formula is C30H25FN2O3. The molecule has 0 saturated carbocycles. The van der Waals surface area contributed by atoms with Crippen LogP contribution in [-0.4, -0.2) is 19.1 Å². The molecule has 2 heterocycles. The van der Waals surface area contributed by atoms with Gasteiger partial charge in [-0.3, -0.25) is 0 Å². The highest BCUT2D eigenvalue weighted by Crippen LogP contribution is 2.57. The van der Waals surface area contributed by atoms with Gasteiger partial charge in [0.25, 0.3) is 0 Å². The number of hydrogen-bond acceptors (Lipinski definition) is 5. The van der Waals surface area contributed by atoms with E-state index in [9.17, 15) is 9.18 Å². The number of nitrogens with zero attached hydrogens (tertiary/aromatic N) is 1. The molecule has 0 aliphatic carbocycles. The predicted molar refractivity (Wildman–Crippen MR) is 138 cm³/mol. The molecule has 0 fully saturated rings. The van der Waals surface area contributed by atoms with Gasteiger partial charge < -0.3 is 19.7 Å². The third-order valence-corrected chi connectivity index (χ3v) is 6.95. The average molecular weight is 481 g/mol. The molecule has 6 rings (SSSR count). The molecule has 1 spiro atoms. The standard InChI is InChI=1S/C30H25FN2O3/c1-3-33(4-2)22-14-16-28-26(18-22)30(24-8-6-5-7-23(24)29(34)36-30)25-17-21(13-15-27(25)35-28)32-20-11-9-19(31)10-12-20/h5-18,32H,3-4H2,1-2H3. The second-order valence-electron chi connectivity index (χ2n) is 8.91. The van der Waals surface area contributed by atoms with Crippen LogP contribution in [0.2, 0.25) is 0 Å². The highest BCUT2D eigenvalue weighted by molar-refractivity contribution is 5.97. The summed E-state index contributed by atoms with van der Waals surface area (Å²) < 4.78 is 26.1. The van der Waals surface area contributed by atoms with Gasteiger partial charge in [-0.2, -0.15) is 0 Å². The molecule has 0 radical (unpaired) electrons. The minimum atomic E-state index is -1.15. The number of halogens is 1. The topological polar surface area (TPSA) is 50.8 Å². The molecule has 0 saturated heterocycles. The van der Waals surface area contributed by atoms with Crippen molar-refractivity contribution in [3.05, 3.63) is 113 Å². The maximum Gasteiger partial charge on any atom is 0.340 e. The fourth-order valence-electron chi connectivity index (χ4n) is 5.22. The van der Waals surface area contributed by atoms with Crippen molar-refractivity contribution in [3.8, 4) is 11.5 Å². The molecule has 4 aromatic rings. The lowest BCUT2D eigenvalue weighted by Gasteiger charge is -2.37. The van der Waals surface area contributed by atoms with Crippen LogP contribution in [0.1, 0.15) is 40.9 Å². The Balaban J connectivity index is 1.56. The van der Waals surface area contributed by atoms with Gasteiger partial charge >= 0.3 is 5.97 Å². The molecule has 2 aliphatic heterocycles. The average Bonchev–Trinajstić information content (AvgIpc) is 3.20. The van der Waals surface area contributed by atoms with Crippen LogP contribution in [0.4, 0.5) is 21.5 Å². The van der Waals surface area contributed by atoms with Gasteiger partial charge in [-0.05, 0) is 80.6 Å². The van der Waals surface area contributed by atoms with Gasteiger partial charge in [0.15, 0.2) is 5.60 Å². The maximum absolute atomic E-state index is 13.4. The molecule has 0 bridgehead atoms. The SMILES string of the molecule is CCN(CC)c1ccc2c(c1)C1(OC(=O)c3ccccc31)c1cc(Nc3ccc(F)cc3)ccc1O2. The van der Waals surface area contributed by atoms with E-state index in [0.717, 1.165) is 46.8 Å². The van der Waals surface area contributed by atoms with E-state index >= 15 is 0 Å². The Bertz CT molecular complexity index is 1480. The van der Waals surface area contributed by atoms with E-state index in [1.165, 1.54) is 12.1 Å². The number of rotatable bonds is 5. The summed E-state index contributed by atoms with van der Waals surface area (Å²) in [7, 11) is 0. The van der Waals surface area contributed by atoms with Crippen molar-refractivity contribution in [2.75, 3.05) is 23.3 Å². The number of hydrogen-bond donors (Lipinski definition) is 1. The number of nitrogens with one attached hydrogen (secondary N) is 1. The molecule has 1 N–H and O–H groups in total. The number of anilines is 3. The van der Waals surface area contributed by atoms with E-state index < -0.39 is 5.60 Å². The molecule has 0 amide bonds. The zero-order valence-electron chi connectivity index (χ0n) is 20.0. The first-order chi connectivity index (χ1) is 17.5. The molecule has 1 atom stereocenters. The van der Waals surface area contributed by atoms with Gasteiger partial charge in [-0.15, -0.1) is 0 Å². The van der Waals surface area contributed by atoms with Crippen LogP contribution in [0.3, 0.4) is 0 Å². The molecule has 6 heteroatoms. The fraction of sp³-hybridized carbons (Fsp3) is 0.167. The summed E-state index contributed by atoms with van der Waals surface area (Å²) in [6.45, 7) is 5.93. The second kappa shape index (κ2) is 8.41. The van der Waals surface area contributed by atoms with Crippen molar-refractivity contribution in [1.29, 1.82) is 0 Å². The van der Waals surface area contributed by atoms with Crippen LogP contribution in [0.5, 0.6) is 11.5 Å². The van der Waals surface area contributed by atoms with Crippen molar-refractivity contribution in [3.63, 3.8) is 0 Å². The molecular weight excluding hydrogens is 455 g/mol. The summed E-state index contributed by atoms with van der Waals surface area (Å²) >= 11 is 0. The van der Waals surface area contributed by atoms with Gasteiger partial charge in [0, 0.05) is 46.8 Å². The van der Waals surface area contributed by atoms with E-state index in [0.29, 0.717) is 17.1 Å². The van der Waals surface area contributed by atoms with E-state index in [-0.39, 0.29) is 11.8 Å². The highest BCUT2D eigenvalue weighted by atomic mass is 19.1. The minimum Gasteiger partial charge on any atom is -0.456 e. The molecule has 2 aliphatic rings. The summed E-state index contributed by atoms with van der Waals surface area (Å²) in [5, 5.41) is 3.32. The van der Waals surface area contributed by atoms with Crippen LogP contribution in [0.15, 0.2) is 84.9 Å². The summed E-state index contributed by atoms with van der Waals surface area (Å²) in [6.07, 6.45) is 0. The molecule has 36 heavy (non-hydrogen) atoms. The summed E-state index contributed by atoms with van der Waals surface area (Å²) in [5.74, 6) is 0.609. The monoisotopic (exact) mass is 480 g/mol. The van der Waals surface area contributed by atoms with E-state index in [4.69, 9.17) is 9.47 Å². The van der Waals surface area contributed by atoms with Gasteiger partial charge in [0.05, 0.1) is 5.56 Å². The zero-order valence-corrected chi connectivity index (χ0v) is 20.0. The summed E-state index contributed by atoms with van der Waals surface area (Å²) in [4.78, 5) is 15.4. The Labute approximate surface area is 209 Å². The van der Waals surface area contributed by atoms with Gasteiger partial charge in [-0.1, -0.05) is 18.2 Å². The van der Waals surface area contributed by atoms with Gasteiger partial charge in [0.2, 0.25) is 0 Å². The largest absolute Gasteiger partial charge is 0.456 e.